The first-order valence-electron chi connectivity index (χ1n) is 20.2. The lowest BCUT2D eigenvalue weighted by molar-refractivity contribution is 1.06. The van der Waals surface area contributed by atoms with Crippen molar-refractivity contribution in [3.8, 4) is 62.1 Å². The Hall–Kier alpha value is -7.73. The molecule has 280 valence electrons. The van der Waals surface area contributed by atoms with E-state index >= 15 is 0 Å². The number of hydrogen-bond donors (Lipinski definition) is 0. The minimum Gasteiger partial charge on any atom is -0.308 e. The standard InChI is InChI=1S/C55H34N4S/c1-3-13-35(14-4-1)41-27-30-45(49(34-41)59-47-21-11-9-19-43(47)44-20-10-12-22-48(44)59)55-57-53(38-16-5-2-6-17-38)56-54(58-55)39-25-23-36(24-26-39)40-29-31-50-46(33-40)52-42-18-8-7-15-37(42)28-32-51(52)60-50/h1-34H. The average Bonchev–Trinajstić information content (AvgIpc) is 3.88. The maximum Gasteiger partial charge on any atom is 0.166 e. The highest BCUT2D eigenvalue weighted by atomic mass is 32.1. The maximum atomic E-state index is 5.30. The molecule has 0 radical (unpaired) electrons. The molecule has 0 N–H and O–H groups in total. The van der Waals surface area contributed by atoms with Gasteiger partial charge in [-0.2, -0.15) is 0 Å². The van der Waals surface area contributed by atoms with Crippen LogP contribution in [0.25, 0.3) is 115 Å². The Kier molecular flexibility index (Phi) is 8.00. The molecule has 0 saturated heterocycles. The first kappa shape index (κ1) is 34.3. The molecule has 12 aromatic rings. The third kappa shape index (κ3) is 5.70. The van der Waals surface area contributed by atoms with Crippen molar-refractivity contribution >= 4 is 64.1 Å². The van der Waals surface area contributed by atoms with Crippen LogP contribution in [0.3, 0.4) is 0 Å². The van der Waals surface area contributed by atoms with Crippen molar-refractivity contribution in [2.24, 2.45) is 0 Å². The number of fused-ring (bicyclic) bond motifs is 8. The van der Waals surface area contributed by atoms with Crippen LogP contribution in [0, 0.1) is 0 Å². The predicted octanol–water partition coefficient (Wildman–Crippen LogP) is 14.8. The number of rotatable bonds is 6. The molecule has 0 spiro atoms. The number of nitrogens with zero attached hydrogens (tertiary/aromatic N) is 4. The van der Waals surface area contributed by atoms with E-state index in [1.54, 1.807) is 0 Å². The van der Waals surface area contributed by atoms with E-state index in [1.165, 1.54) is 47.3 Å². The van der Waals surface area contributed by atoms with Gasteiger partial charge in [0.25, 0.3) is 0 Å². The molecule has 0 unspecified atom stereocenters. The first-order valence-corrected chi connectivity index (χ1v) is 21.0. The highest BCUT2D eigenvalue weighted by Gasteiger charge is 2.20. The molecule has 3 aromatic heterocycles. The van der Waals surface area contributed by atoms with Crippen molar-refractivity contribution in [1.29, 1.82) is 0 Å². The Bertz CT molecular complexity index is 3530. The fourth-order valence-electron chi connectivity index (χ4n) is 8.78. The van der Waals surface area contributed by atoms with Crippen LogP contribution < -0.4 is 0 Å². The molecule has 0 saturated carbocycles. The Balaban J connectivity index is 1.03. The van der Waals surface area contributed by atoms with Gasteiger partial charge in [0.05, 0.1) is 16.7 Å². The lowest BCUT2D eigenvalue weighted by Crippen LogP contribution is -2.04. The van der Waals surface area contributed by atoms with Crippen molar-refractivity contribution in [2.45, 2.75) is 0 Å². The second kappa shape index (κ2) is 14.0. The van der Waals surface area contributed by atoms with Gasteiger partial charge < -0.3 is 4.57 Å². The van der Waals surface area contributed by atoms with Gasteiger partial charge in [0, 0.05) is 47.6 Å². The molecular formula is C55H34N4S. The van der Waals surface area contributed by atoms with Crippen molar-refractivity contribution in [1.82, 2.24) is 19.5 Å². The van der Waals surface area contributed by atoms with Gasteiger partial charge in [0.1, 0.15) is 0 Å². The molecule has 0 aliphatic carbocycles. The van der Waals surface area contributed by atoms with Gasteiger partial charge in [-0.05, 0) is 75.5 Å². The molecule has 60 heavy (non-hydrogen) atoms. The van der Waals surface area contributed by atoms with Crippen LogP contribution in [0.5, 0.6) is 0 Å². The highest BCUT2D eigenvalue weighted by Crippen LogP contribution is 2.41. The maximum absolute atomic E-state index is 5.30. The van der Waals surface area contributed by atoms with E-state index in [1.807, 2.05) is 29.5 Å². The van der Waals surface area contributed by atoms with E-state index in [0.29, 0.717) is 17.5 Å². The fourth-order valence-corrected chi connectivity index (χ4v) is 9.88. The summed E-state index contributed by atoms with van der Waals surface area (Å²) in [5.41, 5.74) is 10.6. The van der Waals surface area contributed by atoms with Crippen molar-refractivity contribution < 1.29 is 0 Å². The number of thiophene rings is 1. The number of hydrogen-bond acceptors (Lipinski definition) is 4. The monoisotopic (exact) mass is 782 g/mol. The molecule has 12 rings (SSSR count). The molecule has 0 amide bonds. The Labute approximate surface area is 350 Å². The zero-order chi connectivity index (χ0) is 39.6. The minimum absolute atomic E-state index is 0.612. The van der Waals surface area contributed by atoms with Gasteiger partial charge in [-0.15, -0.1) is 11.3 Å². The van der Waals surface area contributed by atoms with E-state index in [9.17, 15) is 0 Å². The smallest absolute Gasteiger partial charge is 0.166 e. The third-order valence-corrected chi connectivity index (χ3v) is 12.8. The summed E-state index contributed by atoms with van der Waals surface area (Å²) < 4.78 is 4.97. The summed E-state index contributed by atoms with van der Waals surface area (Å²) in [5.74, 6) is 1.86. The summed E-state index contributed by atoms with van der Waals surface area (Å²) in [7, 11) is 0. The quantitative estimate of drug-likeness (QED) is 0.169. The molecule has 0 aliphatic heterocycles. The average molecular weight is 783 g/mol. The SMILES string of the molecule is c1ccc(-c2ccc(-c3nc(-c4ccccc4)nc(-c4ccc(-c5ccc6sc7ccc8ccccc8c7c6c5)cc4)n3)c(-n3c4ccccc4c4ccccc43)c2)cc1. The normalized spacial score (nSPS) is 11.7. The van der Waals surface area contributed by atoms with E-state index in [0.717, 1.165) is 50.1 Å². The van der Waals surface area contributed by atoms with Gasteiger partial charge in [-0.1, -0.05) is 164 Å². The van der Waals surface area contributed by atoms with E-state index in [2.05, 4.69) is 193 Å². The van der Waals surface area contributed by atoms with Gasteiger partial charge in [-0.3, -0.25) is 0 Å². The lowest BCUT2D eigenvalue weighted by atomic mass is 9.99. The van der Waals surface area contributed by atoms with E-state index < -0.39 is 0 Å². The van der Waals surface area contributed by atoms with Crippen molar-refractivity contribution in [2.75, 3.05) is 0 Å². The molecule has 0 bridgehead atoms. The predicted molar refractivity (Wildman–Crippen MR) is 252 cm³/mol. The van der Waals surface area contributed by atoms with Gasteiger partial charge in [-0.25, -0.2) is 15.0 Å². The topological polar surface area (TPSA) is 43.6 Å². The van der Waals surface area contributed by atoms with Crippen LogP contribution in [0.15, 0.2) is 206 Å². The Morgan fingerprint density at radius 1 is 0.333 bits per heavy atom. The molecular weight excluding hydrogens is 749 g/mol. The minimum atomic E-state index is 0.612. The van der Waals surface area contributed by atoms with Crippen molar-refractivity contribution in [3.05, 3.63) is 206 Å². The first-order chi connectivity index (χ1) is 29.7. The van der Waals surface area contributed by atoms with Gasteiger partial charge in [0.15, 0.2) is 17.5 Å². The summed E-state index contributed by atoms with van der Waals surface area (Å²) in [6, 6.07) is 73.3. The zero-order valence-electron chi connectivity index (χ0n) is 32.3. The molecule has 0 aliphatic rings. The molecule has 0 atom stereocenters. The third-order valence-electron chi connectivity index (χ3n) is 11.7. The number of aromatic nitrogens is 4. The highest BCUT2D eigenvalue weighted by molar-refractivity contribution is 7.26. The summed E-state index contributed by atoms with van der Waals surface area (Å²) in [6.45, 7) is 0. The number of benzene rings is 9. The largest absolute Gasteiger partial charge is 0.308 e. The van der Waals surface area contributed by atoms with Crippen molar-refractivity contribution in [3.63, 3.8) is 0 Å². The zero-order valence-corrected chi connectivity index (χ0v) is 33.1. The second-order valence-electron chi connectivity index (χ2n) is 15.2. The number of para-hydroxylation sites is 2. The van der Waals surface area contributed by atoms with Crippen LogP contribution in [0.4, 0.5) is 0 Å². The summed E-state index contributed by atoms with van der Waals surface area (Å²) in [4.78, 5) is 15.7. The van der Waals surface area contributed by atoms with Crippen LogP contribution in [0.2, 0.25) is 0 Å². The van der Waals surface area contributed by atoms with E-state index in [4.69, 9.17) is 15.0 Å². The molecule has 4 nitrogen and oxygen atoms in total. The fraction of sp³-hybridized carbons (Fsp3) is 0. The molecule has 0 fully saturated rings. The summed E-state index contributed by atoms with van der Waals surface area (Å²) >= 11 is 1.86. The second-order valence-corrected chi connectivity index (χ2v) is 16.3. The van der Waals surface area contributed by atoms with Crippen LogP contribution in [-0.2, 0) is 0 Å². The molecule has 5 heteroatoms. The summed E-state index contributed by atoms with van der Waals surface area (Å²) in [6.07, 6.45) is 0. The van der Waals surface area contributed by atoms with E-state index in [-0.39, 0.29) is 0 Å². The molecule has 9 aromatic carbocycles. The van der Waals surface area contributed by atoms with Crippen LogP contribution >= 0.6 is 11.3 Å². The Morgan fingerprint density at radius 2 is 0.833 bits per heavy atom. The van der Waals surface area contributed by atoms with Crippen LogP contribution in [0.1, 0.15) is 0 Å². The Morgan fingerprint density at radius 3 is 1.55 bits per heavy atom. The van der Waals surface area contributed by atoms with Crippen LogP contribution in [-0.4, -0.2) is 19.5 Å². The lowest BCUT2D eigenvalue weighted by Gasteiger charge is -2.16. The molecule has 3 heterocycles. The van der Waals surface area contributed by atoms with Gasteiger partial charge >= 0.3 is 0 Å². The summed E-state index contributed by atoms with van der Waals surface area (Å²) in [5, 5.41) is 7.58. The van der Waals surface area contributed by atoms with Gasteiger partial charge in [0.2, 0.25) is 0 Å².